The summed E-state index contributed by atoms with van der Waals surface area (Å²) >= 11 is 0. The molecule has 0 amide bonds. The first-order valence-electron chi connectivity index (χ1n) is 15.5. The molecule has 0 spiro atoms. The number of benzene rings is 4. The number of dihydropyridines is 1. The van der Waals surface area contributed by atoms with E-state index in [4.69, 9.17) is 0 Å². The zero-order valence-electron chi connectivity index (χ0n) is 25.4. The molecule has 3 heteroatoms. The standard InChI is InChI=1S/C41H38N2S/c1-3-17-33(4-2)44(34-22-12-7-13-23-34,35-28-29-38(42-30-35)31-18-8-5-9-19-31)40-27-16-25-37-36-24-14-15-26-39(36)43(41(37)40)32-20-10-6-11-21-32/h3-12,14-22,24-30,38,42H,13,23H2,1-2H3/b17-3-,33-4+. The first-order chi connectivity index (χ1) is 21.8. The Hall–Kier alpha value is -4.73. The molecule has 2 heterocycles. The summed E-state index contributed by atoms with van der Waals surface area (Å²) in [6.07, 6.45) is 23.0. The second-order valence-corrected chi connectivity index (χ2v) is 14.3. The number of nitrogens with zero attached hydrogens (tertiary/aromatic N) is 1. The van der Waals surface area contributed by atoms with E-state index in [1.54, 1.807) is 0 Å². The molecule has 2 nitrogen and oxygen atoms in total. The van der Waals surface area contributed by atoms with Crippen molar-refractivity contribution < 1.29 is 0 Å². The monoisotopic (exact) mass is 590 g/mol. The van der Waals surface area contributed by atoms with Crippen LogP contribution in [0, 0.1) is 0 Å². The van der Waals surface area contributed by atoms with E-state index in [1.165, 1.54) is 52.7 Å². The lowest BCUT2D eigenvalue weighted by Crippen LogP contribution is -2.20. The van der Waals surface area contributed by atoms with Crippen molar-refractivity contribution in [1.29, 1.82) is 0 Å². The number of hydrogen-bond donors (Lipinski definition) is 1. The Labute approximate surface area is 262 Å². The number of hydrogen-bond acceptors (Lipinski definition) is 1. The summed E-state index contributed by atoms with van der Waals surface area (Å²) in [4.78, 5) is 5.54. The lowest BCUT2D eigenvalue weighted by molar-refractivity contribution is 0.744. The van der Waals surface area contributed by atoms with E-state index in [0.717, 1.165) is 12.8 Å². The predicted octanol–water partition coefficient (Wildman–Crippen LogP) is 11.4. The Kier molecular flexibility index (Phi) is 7.72. The van der Waals surface area contributed by atoms with Gasteiger partial charge in [-0.05, 0) is 72.4 Å². The van der Waals surface area contributed by atoms with Crippen molar-refractivity contribution in [3.05, 3.63) is 178 Å². The number of nitrogens with one attached hydrogen (secondary N) is 1. The quantitative estimate of drug-likeness (QED) is 0.187. The minimum Gasteiger partial charge on any atom is -0.380 e. The van der Waals surface area contributed by atoms with Crippen molar-refractivity contribution in [1.82, 2.24) is 9.88 Å². The topological polar surface area (TPSA) is 17.0 Å². The van der Waals surface area contributed by atoms with Gasteiger partial charge in [0.1, 0.15) is 0 Å². The average molecular weight is 591 g/mol. The lowest BCUT2D eigenvalue weighted by Gasteiger charge is -2.47. The summed E-state index contributed by atoms with van der Waals surface area (Å²) in [5, 5.41) is 6.38. The van der Waals surface area contributed by atoms with Gasteiger partial charge >= 0.3 is 0 Å². The lowest BCUT2D eigenvalue weighted by atomic mass is 10.1. The molecule has 7 rings (SSSR count). The van der Waals surface area contributed by atoms with Crippen LogP contribution in [-0.2, 0) is 0 Å². The van der Waals surface area contributed by atoms with Crippen LogP contribution >= 0.6 is 10.0 Å². The van der Waals surface area contributed by atoms with Gasteiger partial charge in [0.05, 0.1) is 17.1 Å². The maximum atomic E-state index is 3.81. The highest BCUT2D eigenvalue weighted by atomic mass is 32.3. The van der Waals surface area contributed by atoms with Crippen molar-refractivity contribution >= 4 is 31.8 Å². The summed E-state index contributed by atoms with van der Waals surface area (Å²) in [6, 6.07) is 37.5. The third-order valence-corrected chi connectivity index (χ3v) is 12.9. The second-order valence-electron chi connectivity index (χ2n) is 11.2. The molecule has 5 aromatic rings. The molecule has 2 aliphatic rings. The summed E-state index contributed by atoms with van der Waals surface area (Å²) in [7, 11) is -1.87. The van der Waals surface area contributed by atoms with E-state index in [-0.39, 0.29) is 6.04 Å². The molecule has 1 aliphatic heterocycles. The first kappa shape index (κ1) is 28.1. The SMILES string of the molecule is C/C=C\C(=C/C)S(C1=CNC(c2ccccc2)C=C1)(C1=CC=CCC1)c1cccc2c3ccccc3n(-c3ccccc3)c12. The zero-order valence-corrected chi connectivity index (χ0v) is 26.2. The number of allylic oxidation sites excluding steroid dienone is 8. The van der Waals surface area contributed by atoms with Crippen molar-refractivity contribution in [3.8, 4) is 5.69 Å². The molecule has 1 N–H and O–H groups in total. The second kappa shape index (κ2) is 12.1. The van der Waals surface area contributed by atoms with Crippen LogP contribution in [0.1, 0.15) is 38.3 Å². The van der Waals surface area contributed by atoms with E-state index < -0.39 is 10.0 Å². The largest absolute Gasteiger partial charge is 0.380 e. The van der Waals surface area contributed by atoms with Gasteiger partial charge in [-0.2, -0.15) is 0 Å². The summed E-state index contributed by atoms with van der Waals surface area (Å²) in [6.45, 7) is 4.34. The first-order valence-corrected chi connectivity index (χ1v) is 17.2. The Morgan fingerprint density at radius 1 is 0.841 bits per heavy atom. The molecular formula is C41H38N2S. The maximum Gasteiger partial charge on any atom is 0.0696 e. The number of para-hydroxylation sites is 3. The normalized spacial score (nSPS) is 19.0. The minimum atomic E-state index is -1.87. The van der Waals surface area contributed by atoms with Gasteiger partial charge in [-0.15, -0.1) is 10.0 Å². The molecule has 4 aromatic carbocycles. The summed E-state index contributed by atoms with van der Waals surface area (Å²) in [5.74, 6) is 0. The van der Waals surface area contributed by atoms with Crippen LogP contribution in [-0.4, -0.2) is 4.57 Å². The van der Waals surface area contributed by atoms with Crippen molar-refractivity contribution in [2.75, 3.05) is 0 Å². The molecule has 44 heavy (non-hydrogen) atoms. The Morgan fingerprint density at radius 2 is 1.59 bits per heavy atom. The fraction of sp³-hybridized carbons (Fsp3) is 0.122. The molecule has 0 saturated carbocycles. The van der Waals surface area contributed by atoms with Crippen LogP contribution in [0.5, 0.6) is 0 Å². The zero-order chi connectivity index (χ0) is 29.9. The number of fused-ring (bicyclic) bond motifs is 3. The molecule has 1 aromatic heterocycles. The third kappa shape index (κ3) is 4.60. The Balaban J connectivity index is 1.59. The van der Waals surface area contributed by atoms with Crippen LogP contribution in [0.4, 0.5) is 0 Å². The van der Waals surface area contributed by atoms with E-state index in [1.807, 2.05) is 0 Å². The molecular weight excluding hydrogens is 553 g/mol. The smallest absolute Gasteiger partial charge is 0.0696 e. The van der Waals surface area contributed by atoms with Gasteiger partial charge < -0.3 is 9.88 Å². The van der Waals surface area contributed by atoms with Gasteiger partial charge in [-0.25, -0.2) is 0 Å². The third-order valence-electron chi connectivity index (χ3n) is 8.71. The van der Waals surface area contributed by atoms with Crippen molar-refractivity contribution in [3.63, 3.8) is 0 Å². The van der Waals surface area contributed by atoms with Crippen LogP contribution in [0.2, 0.25) is 0 Å². The van der Waals surface area contributed by atoms with E-state index in [2.05, 4.69) is 182 Å². The Bertz CT molecular complexity index is 2000. The van der Waals surface area contributed by atoms with Crippen molar-refractivity contribution in [2.45, 2.75) is 37.6 Å². The Morgan fingerprint density at radius 3 is 2.30 bits per heavy atom. The van der Waals surface area contributed by atoms with Crippen LogP contribution < -0.4 is 5.32 Å². The van der Waals surface area contributed by atoms with Gasteiger partial charge in [0.25, 0.3) is 0 Å². The van der Waals surface area contributed by atoms with Gasteiger partial charge in [0.15, 0.2) is 0 Å². The van der Waals surface area contributed by atoms with Gasteiger partial charge in [0, 0.05) is 32.5 Å². The fourth-order valence-corrected chi connectivity index (χ4v) is 11.2. The maximum absolute atomic E-state index is 3.81. The minimum absolute atomic E-state index is 0.139. The van der Waals surface area contributed by atoms with Crippen LogP contribution in [0.15, 0.2) is 178 Å². The van der Waals surface area contributed by atoms with Gasteiger partial charge in [0.2, 0.25) is 0 Å². The molecule has 2 atom stereocenters. The highest BCUT2D eigenvalue weighted by Crippen LogP contribution is 2.76. The molecule has 0 fully saturated rings. The van der Waals surface area contributed by atoms with E-state index >= 15 is 0 Å². The van der Waals surface area contributed by atoms with Gasteiger partial charge in [-0.1, -0.05) is 121 Å². The van der Waals surface area contributed by atoms with Crippen LogP contribution in [0.3, 0.4) is 0 Å². The average Bonchev–Trinajstić information content (AvgIpc) is 3.45. The fourth-order valence-electron chi connectivity index (χ4n) is 6.81. The molecule has 0 saturated heterocycles. The van der Waals surface area contributed by atoms with E-state index in [0.29, 0.717) is 0 Å². The number of aromatic nitrogens is 1. The van der Waals surface area contributed by atoms with Crippen molar-refractivity contribution in [2.24, 2.45) is 0 Å². The summed E-state index contributed by atoms with van der Waals surface area (Å²) < 4.78 is 2.50. The summed E-state index contributed by atoms with van der Waals surface area (Å²) in [5.41, 5.74) is 4.97. The molecule has 2 unspecified atom stereocenters. The van der Waals surface area contributed by atoms with E-state index in [9.17, 15) is 0 Å². The molecule has 0 bridgehead atoms. The van der Waals surface area contributed by atoms with Gasteiger partial charge in [-0.3, -0.25) is 0 Å². The molecule has 0 radical (unpaired) electrons. The highest BCUT2D eigenvalue weighted by molar-refractivity contribution is 8.43. The van der Waals surface area contributed by atoms with Crippen LogP contribution in [0.25, 0.3) is 27.5 Å². The highest BCUT2D eigenvalue weighted by Gasteiger charge is 2.39. The predicted molar refractivity (Wildman–Crippen MR) is 191 cm³/mol. The molecule has 1 aliphatic carbocycles. The number of rotatable bonds is 7. The molecule has 218 valence electrons.